The highest BCUT2D eigenvalue weighted by atomic mass is 32.2. The van der Waals surface area contributed by atoms with E-state index in [2.05, 4.69) is 15.0 Å². The molecule has 3 aromatic rings. The lowest BCUT2D eigenvalue weighted by Crippen LogP contribution is -2.10. The summed E-state index contributed by atoms with van der Waals surface area (Å²) in [5.74, 6) is 0.954. The normalized spacial score (nSPS) is 11.7. The third-order valence-electron chi connectivity index (χ3n) is 4.30. The maximum atomic E-state index is 12.9. The first-order valence-electron chi connectivity index (χ1n) is 8.77. The molecule has 1 aromatic carbocycles. The fraction of sp³-hybridized carbons (Fsp3) is 0.368. The third kappa shape index (κ3) is 4.42. The molecule has 8 nitrogen and oxygen atoms in total. The van der Waals surface area contributed by atoms with Gasteiger partial charge in [0, 0.05) is 38.0 Å². The Balaban J connectivity index is 1.82. The summed E-state index contributed by atoms with van der Waals surface area (Å²) in [6.07, 6.45) is 2.29. The molecule has 0 unspecified atom stereocenters. The second-order valence-corrected chi connectivity index (χ2v) is 8.16. The minimum absolute atomic E-state index is 0.0941. The standard InChI is InChI=1S/C19H23N3O5S/c1-13-17(20-8-7-18(13)27-10-4-9-25-2)12-28(23,24)19-21-15-6-5-14(26-3)11-16(15)22-19/h5-8,11H,4,9-10,12H2,1-3H3,(H,21,22). The van der Waals surface area contributed by atoms with Gasteiger partial charge in [-0.2, -0.15) is 0 Å². The molecule has 150 valence electrons. The summed E-state index contributed by atoms with van der Waals surface area (Å²) in [6, 6.07) is 6.89. The summed E-state index contributed by atoms with van der Waals surface area (Å²) >= 11 is 0. The van der Waals surface area contributed by atoms with Crippen molar-refractivity contribution >= 4 is 20.9 Å². The van der Waals surface area contributed by atoms with Gasteiger partial charge in [0.05, 0.1) is 30.4 Å². The van der Waals surface area contributed by atoms with Crippen molar-refractivity contribution in [3.8, 4) is 11.5 Å². The predicted octanol–water partition coefficient (Wildman–Crippen LogP) is 2.66. The first-order valence-corrected chi connectivity index (χ1v) is 10.4. The first-order chi connectivity index (χ1) is 13.4. The fourth-order valence-electron chi connectivity index (χ4n) is 2.73. The summed E-state index contributed by atoms with van der Waals surface area (Å²) in [7, 11) is -0.529. The zero-order valence-electron chi connectivity index (χ0n) is 16.1. The lowest BCUT2D eigenvalue weighted by atomic mass is 10.2. The number of fused-ring (bicyclic) bond motifs is 1. The molecule has 2 heterocycles. The van der Waals surface area contributed by atoms with Gasteiger partial charge in [-0.05, 0) is 25.1 Å². The van der Waals surface area contributed by atoms with Crippen molar-refractivity contribution in [2.45, 2.75) is 24.3 Å². The monoisotopic (exact) mass is 405 g/mol. The number of methoxy groups -OCH3 is 2. The Labute approximate surface area is 163 Å². The van der Waals surface area contributed by atoms with Crippen LogP contribution in [0.5, 0.6) is 11.5 Å². The lowest BCUT2D eigenvalue weighted by Gasteiger charge is -2.11. The smallest absolute Gasteiger partial charge is 0.226 e. The molecule has 0 aliphatic carbocycles. The Morgan fingerprint density at radius 3 is 2.71 bits per heavy atom. The molecular formula is C19H23N3O5S. The van der Waals surface area contributed by atoms with Gasteiger partial charge in [0.2, 0.25) is 15.0 Å². The van der Waals surface area contributed by atoms with E-state index in [1.807, 2.05) is 0 Å². The number of nitrogens with zero attached hydrogens (tertiary/aromatic N) is 2. The van der Waals surface area contributed by atoms with E-state index >= 15 is 0 Å². The van der Waals surface area contributed by atoms with E-state index < -0.39 is 9.84 Å². The highest BCUT2D eigenvalue weighted by molar-refractivity contribution is 7.90. The quantitative estimate of drug-likeness (QED) is 0.546. The summed E-state index contributed by atoms with van der Waals surface area (Å²) < 4.78 is 41.6. The maximum absolute atomic E-state index is 12.9. The number of imidazole rings is 1. The summed E-state index contributed by atoms with van der Waals surface area (Å²) in [5, 5.41) is -0.0941. The zero-order valence-corrected chi connectivity index (χ0v) is 16.9. The van der Waals surface area contributed by atoms with Gasteiger partial charge in [-0.1, -0.05) is 0 Å². The number of benzene rings is 1. The van der Waals surface area contributed by atoms with Crippen LogP contribution in [0.25, 0.3) is 11.0 Å². The molecule has 0 bridgehead atoms. The van der Waals surface area contributed by atoms with Crippen LogP contribution in [-0.2, 0) is 20.3 Å². The number of hydrogen-bond acceptors (Lipinski definition) is 7. The van der Waals surface area contributed by atoms with Crippen molar-refractivity contribution in [1.82, 2.24) is 15.0 Å². The summed E-state index contributed by atoms with van der Waals surface area (Å²) in [6.45, 7) is 2.88. The highest BCUT2D eigenvalue weighted by Crippen LogP contribution is 2.25. The third-order valence-corrected chi connectivity index (χ3v) is 5.73. The van der Waals surface area contributed by atoms with Crippen LogP contribution in [0.1, 0.15) is 17.7 Å². The molecule has 0 aliphatic heterocycles. The van der Waals surface area contributed by atoms with Crippen molar-refractivity contribution in [1.29, 1.82) is 0 Å². The largest absolute Gasteiger partial charge is 0.497 e. The number of hydrogen-bond donors (Lipinski definition) is 1. The number of rotatable bonds is 9. The molecule has 1 N–H and O–H groups in total. The number of aromatic nitrogens is 3. The summed E-state index contributed by atoms with van der Waals surface area (Å²) in [4.78, 5) is 11.3. The Morgan fingerprint density at radius 1 is 1.14 bits per heavy atom. The van der Waals surface area contributed by atoms with E-state index in [1.165, 1.54) is 0 Å². The number of sulfone groups is 1. The van der Waals surface area contributed by atoms with Crippen molar-refractivity contribution < 1.29 is 22.6 Å². The minimum Gasteiger partial charge on any atom is -0.497 e. The minimum atomic E-state index is -3.71. The SMILES string of the molecule is COCCCOc1ccnc(CS(=O)(=O)c2nc3cc(OC)ccc3[nH]2)c1C. The lowest BCUT2D eigenvalue weighted by molar-refractivity contribution is 0.172. The van der Waals surface area contributed by atoms with E-state index in [9.17, 15) is 8.42 Å². The van der Waals surface area contributed by atoms with Crippen LogP contribution in [0, 0.1) is 6.92 Å². The average molecular weight is 405 g/mol. The molecule has 0 fully saturated rings. The molecule has 0 radical (unpaired) electrons. The van der Waals surface area contributed by atoms with Gasteiger partial charge < -0.3 is 19.2 Å². The van der Waals surface area contributed by atoms with Crippen LogP contribution in [-0.4, -0.2) is 50.8 Å². The van der Waals surface area contributed by atoms with Gasteiger partial charge >= 0.3 is 0 Å². The van der Waals surface area contributed by atoms with Crippen molar-refractivity contribution in [2.24, 2.45) is 0 Å². The molecule has 0 atom stereocenters. The van der Waals surface area contributed by atoms with Gasteiger partial charge in [-0.3, -0.25) is 4.98 Å². The molecule has 0 spiro atoms. The first kappa shape index (κ1) is 20.1. The number of aromatic amines is 1. The predicted molar refractivity (Wildman–Crippen MR) is 104 cm³/mol. The van der Waals surface area contributed by atoms with Crippen LogP contribution < -0.4 is 9.47 Å². The summed E-state index contributed by atoms with van der Waals surface area (Å²) in [5.41, 5.74) is 2.28. The highest BCUT2D eigenvalue weighted by Gasteiger charge is 2.23. The van der Waals surface area contributed by atoms with Crippen LogP contribution >= 0.6 is 0 Å². The second kappa shape index (κ2) is 8.57. The van der Waals surface area contributed by atoms with Crippen molar-refractivity contribution in [3.63, 3.8) is 0 Å². The molecule has 0 aliphatic rings. The molecule has 0 amide bonds. The number of pyridine rings is 1. The zero-order chi connectivity index (χ0) is 20.1. The Hall–Kier alpha value is -2.65. The molecule has 9 heteroatoms. The average Bonchev–Trinajstić information content (AvgIpc) is 3.12. The van der Waals surface area contributed by atoms with E-state index in [1.54, 1.807) is 51.6 Å². The van der Waals surface area contributed by atoms with E-state index in [0.717, 1.165) is 6.42 Å². The second-order valence-electron chi connectivity index (χ2n) is 6.26. The van der Waals surface area contributed by atoms with E-state index in [0.29, 0.717) is 47.0 Å². The maximum Gasteiger partial charge on any atom is 0.226 e. The fourth-order valence-corrected chi connectivity index (χ4v) is 4.02. The van der Waals surface area contributed by atoms with Gasteiger partial charge in [-0.25, -0.2) is 13.4 Å². The van der Waals surface area contributed by atoms with E-state index in [4.69, 9.17) is 14.2 Å². The van der Waals surface area contributed by atoms with Crippen molar-refractivity contribution in [2.75, 3.05) is 27.4 Å². The Morgan fingerprint density at radius 2 is 1.96 bits per heavy atom. The van der Waals surface area contributed by atoms with Crippen LogP contribution in [0.3, 0.4) is 0 Å². The van der Waals surface area contributed by atoms with Crippen LogP contribution in [0.15, 0.2) is 35.6 Å². The van der Waals surface area contributed by atoms with Gasteiger partial charge in [0.1, 0.15) is 17.3 Å². The molecular weight excluding hydrogens is 382 g/mol. The van der Waals surface area contributed by atoms with Crippen molar-refractivity contribution in [3.05, 3.63) is 41.7 Å². The number of nitrogens with one attached hydrogen (secondary N) is 1. The van der Waals surface area contributed by atoms with E-state index in [-0.39, 0.29) is 10.9 Å². The van der Waals surface area contributed by atoms with Gasteiger partial charge in [0.15, 0.2) is 0 Å². The Kier molecular flexibility index (Phi) is 6.15. The number of H-pyrrole nitrogens is 1. The molecule has 2 aromatic heterocycles. The van der Waals surface area contributed by atoms with Crippen LogP contribution in [0.2, 0.25) is 0 Å². The van der Waals surface area contributed by atoms with Crippen LogP contribution in [0.4, 0.5) is 0 Å². The molecule has 0 saturated carbocycles. The van der Waals surface area contributed by atoms with Gasteiger partial charge in [0.25, 0.3) is 0 Å². The number of ether oxygens (including phenoxy) is 3. The molecule has 0 saturated heterocycles. The van der Waals surface area contributed by atoms with Gasteiger partial charge in [-0.15, -0.1) is 0 Å². The molecule has 3 rings (SSSR count). The molecule has 28 heavy (non-hydrogen) atoms. The topological polar surface area (TPSA) is 103 Å². The Bertz CT molecular complexity index is 1060.